The zero-order valence-corrected chi connectivity index (χ0v) is 11.6. The van der Waals surface area contributed by atoms with Gasteiger partial charge in [0.2, 0.25) is 0 Å². The van der Waals surface area contributed by atoms with Gasteiger partial charge in [0, 0.05) is 31.2 Å². The zero-order valence-electron chi connectivity index (χ0n) is 10.8. The molecule has 1 aromatic carbocycles. The second kappa shape index (κ2) is 5.89. The van der Waals surface area contributed by atoms with E-state index in [4.69, 9.17) is 11.6 Å². The Morgan fingerprint density at radius 1 is 1.26 bits per heavy atom. The average Bonchev–Trinajstić information content (AvgIpc) is 2.38. The monoisotopic (exact) mass is 279 g/mol. The van der Waals surface area contributed by atoms with E-state index in [0.29, 0.717) is 17.1 Å². The first-order valence-corrected chi connectivity index (χ1v) is 6.25. The molecule has 0 aliphatic rings. The molecule has 0 unspecified atom stereocenters. The molecule has 0 radical (unpaired) electrons. The van der Waals surface area contributed by atoms with Crippen LogP contribution in [0.4, 0.5) is 15.9 Å². The first kappa shape index (κ1) is 13.6. The molecule has 0 aliphatic carbocycles. The van der Waals surface area contributed by atoms with Crippen molar-refractivity contribution in [2.24, 2.45) is 0 Å². The summed E-state index contributed by atoms with van der Waals surface area (Å²) in [6.07, 6.45) is 1.73. The first-order chi connectivity index (χ1) is 9.06. The molecule has 0 saturated carbocycles. The van der Waals surface area contributed by atoms with Crippen molar-refractivity contribution in [3.05, 3.63) is 52.9 Å². The van der Waals surface area contributed by atoms with Gasteiger partial charge >= 0.3 is 0 Å². The fraction of sp³-hybridized carbons (Fsp3) is 0.214. The van der Waals surface area contributed by atoms with Gasteiger partial charge in [-0.25, -0.2) is 9.37 Å². The fourth-order valence-electron chi connectivity index (χ4n) is 1.62. The van der Waals surface area contributed by atoms with Crippen LogP contribution in [0.25, 0.3) is 0 Å². The Morgan fingerprint density at radius 2 is 2.05 bits per heavy atom. The predicted octanol–water partition coefficient (Wildman–Crippen LogP) is 3.55. The molecular formula is C14H15ClFN3. The normalized spacial score (nSPS) is 10.3. The highest BCUT2D eigenvalue weighted by Crippen LogP contribution is 2.17. The third-order valence-corrected chi connectivity index (χ3v) is 2.94. The maximum absolute atomic E-state index is 13.6. The number of benzene rings is 1. The van der Waals surface area contributed by atoms with Crippen molar-refractivity contribution in [1.29, 1.82) is 0 Å². The van der Waals surface area contributed by atoms with Gasteiger partial charge in [-0.15, -0.1) is 0 Å². The van der Waals surface area contributed by atoms with E-state index in [1.54, 1.807) is 18.3 Å². The van der Waals surface area contributed by atoms with E-state index in [2.05, 4.69) is 10.3 Å². The van der Waals surface area contributed by atoms with Crippen molar-refractivity contribution < 1.29 is 4.39 Å². The fourth-order valence-corrected chi connectivity index (χ4v) is 1.78. The van der Waals surface area contributed by atoms with Gasteiger partial charge in [-0.1, -0.05) is 17.7 Å². The van der Waals surface area contributed by atoms with Crippen molar-refractivity contribution in [3.63, 3.8) is 0 Å². The van der Waals surface area contributed by atoms with Gasteiger partial charge in [-0.05, 0) is 24.3 Å². The van der Waals surface area contributed by atoms with E-state index < -0.39 is 0 Å². The standard InChI is InChI=1S/C14H15ClFN3/c1-19(2)14-6-5-12(9-18-14)17-8-10-3-4-11(15)7-13(10)16/h3-7,9,17H,8H2,1-2H3. The number of nitrogens with one attached hydrogen (secondary N) is 1. The van der Waals surface area contributed by atoms with Crippen LogP contribution in [0.15, 0.2) is 36.5 Å². The Morgan fingerprint density at radius 3 is 2.63 bits per heavy atom. The van der Waals surface area contributed by atoms with Crippen LogP contribution >= 0.6 is 11.6 Å². The maximum Gasteiger partial charge on any atom is 0.129 e. The number of hydrogen-bond donors (Lipinski definition) is 1. The Bertz CT molecular complexity index is 555. The van der Waals surface area contributed by atoms with Crippen LogP contribution < -0.4 is 10.2 Å². The molecular weight excluding hydrogens is 265 g/mol. The summed E-state index contributed by atoms with van der Waals surface area (Å²) in [5, 5.41) is 3.52. The van der Waals surface area contributed by atoms with Crippen LogP contribution in [0.3, 0.4) is 0 Å². The third kappa shape index (κ3) is 3.58. The molecule has 0 spiro atoms. The van der Waals surface area contributed by atoms with Crippen molar-refractivity contribution in [2.75, 3.05) is 24.3 Å². The molecule has 3 nitrogen and oxygen atoms in total. The number of rotatable bonds is 4. The molecule has 0 amide bonds. The van der Waals surface area contributed by atoms with Crippen molar-refractivity contribution in [2.45, 2.75) is 6.54 Å². The topological polar surface area (TPSA) is 28.2 Å². The summed E-state index contributed by atoms with van der Waals surface area (Å²) in [4.78, 5) is 6.19. The van der Waals surface area contributed by atoms with E-state index in [-0.39, 0.29) is 5.82 Å². The maximum atomic E-state index is 13.6. The lowest BCUT2D eigenvalue weighted by molar-refractivity contribution is 0.613. The highest BCUT2D eigenvalue weighted by molar-refractivity contribution is 6.30. The predicted molar refractivity (Wildman–Crippen MR) is 77.3 cm³/mol. The highest BCUT2D eigenvalue weighted by Gasteiger charge is 2.03. The minimum atomic E-state index is -0.308. The largest absolute Gasteiger partial charge is 0.380 e. The number of halogens is 2. The Labute approximate surface area is 117 Å². The summed E-state index contributed by atoms with van der Waals surface area (Å²) in [7, 11) is 3.86. The van der Waals surface area contributed by atoms with E-state index in [1.165, 1.54) is 6.07 Å². The smallest absolute Gasteiger partial charge is 0.129 e. The molecule has 2 rings (SSSR count). The molecule has 0 fully saturated rings. The second-order valence-electron chi connectivity index (χ2n) is 4.39. The molecule has 1 aromatic heterocycles. The summed E-state index contributed by atoms with van der Waals surface area (Å²) < 4.78 is 13.6. The van der Waals surface area contributed by atoms with Gasteiger partial charge in [0.05, 0.1) is 11.9 Å². The molecule has 100 valence electrons. The lowest BCUT2D eigenvalue weighted by Gasteiger charge is -2.12. The van der Waals surface area contributed by atoms with E-state index in [0.717, 1.165) is 11.5 Å². The van der Waals surface area contributed by atoms with Crippen LogP contribution in [0.5, 0.6) is 0 Å². The zero-order chi connectivity index (χ0) is 13.8. The summed E-state index contributed by atoms with van der Waals surface area (Å²) >= 11 is 5.71. The highest BCUT2D eigenvalue weighted by atomic mass is 35.5. The minimum absolute atomic E-state index is 0.308. The molecule has 19 heavy (non-hydrogen) atoms. The number of hydrogen-bond acceptors (Lipinski definition) is 3. The van der Waals surface area contributed by atoms with Crippen LogP contribution in [0.1, 0.15) is 5.56 Å². The Hall–Kier alpha value is -1.81. The minimum Gasteiger partial charge on any atom is -0.380 e. The lowest BCUT2D eigenvalue weighted by atomic mass is 10.2. The third-order valence-electron chi connectivity index (χ3n) is 2.70. The SMILES string of the molecule is CN(C)c1ccc(NCc2ccc(Cl)cc2F)cn1. The molecule has 1 N–H and O–H groups in total. The van der Waals surface area contributed by atoms with E-state index in [1.807, 2.05) is 31.1 Å². The lowest BCUT2D eigenvalue weighted by Crippen LogP contribution is -2.10. The summed E-state index contributed by atoms with van der Waals surface area (Å²) in [5.74, 6) is 0.570. The van der Waals surface area contributed by atoms with Gasteiger partial charge in [0.15, 0.2) is 0 Å². The second-order valence-corrected chi connectivity index (χ2v) is 4.83. The van der Waals surface area contributed by atoms with Gasteiger partial charge in [-0.3, -0.25) is 0 Å². The molecule has 0 aliphatic heterocycles. The van der Waals surface area contributed by atoms with E-state index in [9.17, 15) is 4.39 Å². The van der Waals surface area contributed by atoms with Gasteiger partial charge < -0.3 is 10.2 Å². The molecule has 0 atom stereocenters. The molecule has 2 aromatic rings. The number of nitrogens with zero attached hydrogens (tertiary/aromatic N) is 2. The van der Waals surface area contributed by atoms with Crippen LogP contribution in [-0.4, -0.2) is 19.1 Å². The molecule has 5 heteroatoms. The summed E-state index contributed by atoms with van der Waals surface area (Å²) in [6, 6.07) is 8.48. The van der Waals surface area contributed by atoms with Crippen LogP contribution in [0, 0.1) is 5.82 Å². The average molecular weight is 280 g/mol. The van der Waals surface area contributed by atoms with Crippen molar-refractivity contribution in [3.8, 4) is 0 Å². The molecule has 0 saturated heterocycles. The number of aromatic nitrogens is 1. The number of pyridine rings is 1. The van der Waals surface area contributed by atoms with Crippen molar-refractivity contribution >= 4 is 23.1 Å². The summed E-state index contributed by atoms with van der Waals surface area (Å²) in [6.45, 7) is 0.395. The quantitative estimate of drug-likeness (QED) is 0.928. The van der Waals surface area contributed by atoms with Crippen LogP contribution in [0.2, 0.25) is 5.02 Å². The van der Waals surface area contributed by atoms with Crippen LogP contribution in [-0.2, 0) is 6.54 Å². The molecule has 1 heterocycles. The Balaban J connectivity index is 2.02. The number of anilines is 2. The molecule has 0 bridgehead atoms. The summed E-state index contributed by atoms with van der Waals surface area (Å²) in [5.41, 5.74) is 1.42. The van der Waals surface area contributed by atoms with Gasteiger partial charge in [0.1, 0.15) is 11.6 Å². The van der Waals surface area contributed by atoms with Crippen molar-refractivity contribution in [1.82, 2.24) is 4.98 Å². The van der Waals surface area contributed by atoms with E-state index >= 15 is 0 Å². The first-order valence-electron chi connectivity index (χ1n) is 5.87. The Kier molecular flexibility index (Phi) is 4.22. The van der Waals surface area contributed by atoms with Gasteiger partial charge in [0.25, 0.3) is 0 Å². The van der Waals surface area contributed by atoms with Gasteiger partial charge in [-0.2, -0.15) is 0 Å².